The molecule has 14 heavy (non-hydrogen) atoms. The molecule has 1 aliphatic carbocycles. The van der Waals surface area contributed by atoms with Crippen LogP contribution in [0.25, 0.3) is 0 Å². The van der Waals surface area contributed by atoms with E-state index in [1.54, 1.807) is 14.2 Å². The highest BCUT2D eigenvalue weighted by atomic mass is 16.5. The molecular formula is C10H22N2O2. The van der Waals surface area contributed by atoms with Crippen molar-refractivity contribution < 1.29 is 9.47 Å². The highest BCUT2D eigenvalue weighted by Gasteiger charge is 2.35. The largest absolute Gasteiger partial charge is 0.379 e. The van der Waals surface area contributed by atoms with Crippen molar-refractivity contribution >= 4 is 0 Å². The van der Waals surface area contributed by atoms with Crippen LogP contribution in [0.1, 0.15) is 12.8 Å². The molecule has 0 heterocycles. The first-order valence-electron chi connectivity index (χ1n) is 5.16. The highest BCUT2D eigenvalue weighted by molar-refractivity contribution is 4.93. The lowest BCUT2D eigenvalue weighted by molar-refractivity contribution is -0.0713. The third kappa shape index (κ3) is 2.45. The molecule has 4 atom stereocenters. The summed E-state index contributed by atoms with van der Waals surface area (Å²) in [6.07, 6.45) is 2.41. The Labute approximate surface area is 86.3 Å². The summed E-state index contributed by atoms with van der Waals surface area (Å²) in [4.78, 5) is 0. The summed E-state index contributed by atoms with van der Waals surface area (Å²) in [7, 11) is 7.50. The Bertz CT molecular complexity index is 132. The summed E-state index contributed by atoms with van der Waals surface area (Å²) < 4.78 is 10.9. The lowest BCUT2D eigenvalue weighted by Gasteiger charge is -2.39. The van der Waals surface area contributed by atoms with Gasteiger partial charge < -0.3 is 20.1 Å². The first-order chi connectivity index (χ1) is 6.76. The second-order valence-electron chi connectivity index (χ2n) is 3.81. The average Bonchev–Trinajstić information content (AvgIpc) is 2.26. The number of hydrogen-bond acceptors (Lipinski definition) is 4. The molecule has 1 saturated carbocycles. The summed E-state index contributed by atoms with van der Waals surface area (Å²) in [5.74, 6) is 0. The van der Waals surface area contributed by atoms with Crippen molar-refractivity contribution in [1.82, 2.24) is 10.6 Å². The van der Waals surface area contributed by atoms with Crippen LogP contribution in [0.3, 0.4) is 0 Å². The Morgan fingerprint density at radius 3 is 1.43 bits per heavy atom. The minimum atomic E-state index is 0.210. The fourth-order valence-corrected chi connectivity index (χ4v) is 2.27. The normalized spacial score (nSPS) is 38.6. The van der Waals surface area contributed by atoms with Crippen LogP contribution in [0.4, 0.5) is 0 Å². The fourth-order valence-electron chi connectivity index (χ4n) is 2.27. The Hall–Kier alpha value is -0.160. The minimum absolute atomic E-state index is 0.210. The second-order valence-corrected chi connectivity index (χ2v) is 3.81. The molecule has 4 nitrogen and oxygen atoms in total. The maximum absolute atomic E-state index is 5.43. The maximum Gasteiger partial charge on any atom is 0.0848 e. The zero-order valence-electron chi connectivity index (χ0n) is 9.54. The molecule has 0 saturated heterocycles. The van der Waals surface area contributed by atoms with Gasteiger partial charge in [-0.25, -0.2) is 0 Å². The van der Waals surface area contributed by atoms with Crippen molar-refractivity contribution in [2.75, 3.05) is 28.3 Å². The van der Waals surface area contributed by atoms with E-state index in [2.05, 4.69) is 10.6 Å². The predicted octanol–water partition coefficient (Wildman–Crippen LogP) is -0.0138. The molecule has 0 aliphatic heterocycles. The van der Waals surface area contributed by atoms with E-state index >= 15 is 0 Å². The molecule has 0 amide bonds. The number of likely N-dealkylation sites (N-methyl/N-ethyl adjacent to an activating group) is 2. The monoisotopic (exact) mass is 202 g/mol. The SMILES string of the molecule is CN[C@H]1CC(OC)C(OC)C[C@H]1NC. The minimum Gasteiger partial charge on any atom is -0.379 e. The second kappa shape index (κ2) is 5.66. The number of rotatable bonds is 4. The summed E-state index contributed by atoms with van der Waals surface area (Å²) in [6.45, 7) is 0. The standard InChI is InChI=1S/C10H22N2O2/c1-11-7-5-9(13-3)10(14-4)6-8(7)12-2/h7-12H,5-6H2,1-4H3/t7-,8+,9?,10?. The number of ether oxygens (including phenoxy) is 2. The number of hydrogen-bond donors (Lipinski definition) is 2. The van der Waals surface area contributed by atoms with E-state index in [1.807, 2.05) is 14.1 Å². The molecular weight excluding hydrogens is 180 g/mol. The quantitative estimate of drug-likeness (QED) is 0.673. The smallest absolute Gasteiger partial charge is 0.0848 e. The summed E-state index contributed by atoms with van der Waals surface area (Å²) >= 11 is 0. The first-order valence-corrected chi connectivity index (χ1v) is 5.16. The molecule has 0 radical (unpaired) electrons. The van der Waals surface area contributed by atoms with Crippen LogP contribution in [-0.2, 0) is 9.47 Å². The van der Waals surface area contributed by atoms with E-state index in [9.17, 15) is 0 Å². The maximum atomic E-state index is 5.43. The van der Waals surface area contributed by atoms with Crippen molar-refractivity contribution in [3.63, 3.8) is 0 Å². The number of methoxy groups -OCH3 is 2. The van der Waals surface area contributed by atoms with Gasteiger partial charge in [-0.1, -0.05) is 0 Å². The zero-order valence-corrected chi connectivity index (χ0v) is 9.54. The van der Waals surface area contributed by atoms with Gasteiger partial charge in [-0.3, -0.25) is 0 Å². The van der Waals surface area contributed by atoms with Gasteiger partial charge in [0.2, 0.25) is 0 Å². The van der Waals surface area contributed by atoms with E-state index < -0.39 is 0 Å². The van der Waals surface area contributed by atoms with Gasteiger partial charge in [0.25, 0.3) is 0 Å². The molecule has 2 N–H and O–H groups in total. The fraction of sp³-hybridized carbons (Fsp3) is 1.00. The van der Waals surface area contributed by atoms with Crippen LogP contribution >= 0.6 is 0 Å². The van der Waals surface area contributed by atoms with Gasteiger partial charge in [0.15, 0.2) is 0 Å². The Kier molecular flexibility index (Phi) is 4.81. The Morgan fingerprint density at radius 1 is 0.857 bits per heavy atom. The van der Waals surface area contributed by atoms with Crippen molar-refractivity contribution in [1.29, 1.82) is 0 Å². The molecule has 4 heteroatoms. The van der Waals surface area contributed by atoms with Crippen LogP contribution < -0.4 is 10.6 Å². The summed E-state index contributed by atoms with van der Waals surface area (Å²) in [5, 5.41) is 6.63. The molecule has 0 aromatic carbocycles. The van der Waals surface area contributed by atoms with Gasteiger partial charge in [0.05, 0.1) is 12.2 Å². The third-order valence-electron chi connectivity index (χ3n) is 3.22. The molecule has 0 aromatic rings. The van der Waals surface area contributed by atoms with Gasteiger partial charge in [-0.2, -0.15) is 0 Å². The molecule has 1 rings (SSSR count). The van der Waals surface area contributed by atoms with Gasteiger partial charge in [-0.15, -0.1) is 0 Å². The predicted molar refractivity (Wildman–Crippen MR) is 56.5 cm³/mol. The topological polar surface area (TPSA) is 42.5 Å². The molecule has 0 bridgehead atoms. The molecule has 0 aromatic heterocycles. The van der Waals surface area contributed by atoms with E-state index in [4.69, 9.17) is 9.47 Å². The van der Waals surface area contributed by atoms with Crippen LogP contribution in [-0.4, -0.2) is 52.6 Å². The van der Waals surface area contributed by atoms with Gasteiger partial charge in [0.1, 0.15) is 0 Å². The molecule has 2 unspecified atom stereocenters. The van der Waals surface area contributed by atoms with Crippen LogP contribution in [0, 0.1) is 0 Å². The first kappa shape index (κ1) is 11.9. The van der Waals surface area contributed by atoms with Crippen molar-refractivity contribution in [2.24, 2.45) is 0 Å². The van der Waals surface area contributed by atoms with Crippen LogP contribution in [0.5, 0.6) is 0 Å². The molecule has 0 spiro atoms. The lowest BCUT2D eigenvalue weighted by atomic mass is 9.86. The third-order valence-corrected chi connectivity index (χ3v) is 3.22. The molecule has 84 valence electrons. The van der Waals surface area contributed by atoms with E-state index in [1.165, 1.54) is 0 Å². The zero-order chi connectivity index (χ0) is 10.6. The molecule has 1 fully saturated rings. The van der Waals surface area contributed by atoms with Crippen molar-refractivity contribution in [3.05, 3.63) is 0 Å². The van der Waals surface area contributed by atoms with E-state index in [0.717, 1.165) is 12.8 Å². The average molecular weight is 202 g/mol. The van der Waals surface area contributed by atoms with Gasteiger partial charge in [-0.05, 0) is 26.9 Å². The summed E-state index contributed by atoms with van der Waals surface area (Å²) in [6, 6.07) is 0.938. The Morgan fingerprint density at radius 2 is 1.21 bits per heavy atom. The van der Waals surface area contributed by atoms with Crippen molar-refractivity contribution in [3.8, 4) is 0 Å². The van der Waals surface area contributed by atoms with E-state index in [0.29, 0.717) is 12.1 Å². The van der Waals surface area contributed by atoms with Crippen LogP contribution in [0.15, 0.2) is 0 Å². The van der Waals surface area contributed by atoms with Gasteiger partial charge >= 0.3 is 0 Å². The van der Waals surface area contributed by atoms with Crippen LogP contribution in [0.2, 0.25) is 0 Å². The molecule has 1 aliphatic rings. The number of nitrogens with one attached hydrogen (secondary N) is 2. The summed E-state index contributed by atoms with van der Waals surface area (Å²) in [5.41, 5.74) is 0. The van der Waals surface area contributed by atoms with Crippen molar-refractivity contribution in [2.45, 2.75) is 37.1 Å². The highest BCUT2D eigenvalue weighted by Crippen LogP contribution is 2.23. The lowest BCUT2D eigenvalue weighted by Crippen LogP contribution is -2.55. The Balaban J connectivity index is 2.59. The van der Waals surface area contributed by atoms with Gasteiger partial charge in [0, 0.05) is 26.3 Å². The van der Waals surface area contributed by atoms with E-state index in [-0.39, 0.29) is 12.2 Å².